The number of barbiturate groups is 1. The van der Waals surface area contributed by atoms with Gasteiger partial charge in [-0.2, -0.15) is 0 Å². The van der Waals surface area contributed by atoms with Gasteiger partial charge in [0.2, 0.25) is 0 Å². The van der Waals surface area contributed by atoms with Crippen LogP contribution in [0.1, 0.15) is 5.56 Å². The number of benzene rings is 3. The molecule has 3 aromatic rings. The summed E-state index contributed by atoms with van der Waals surface area (Å²) in [5, 5.41) is 4.64. The molecule has 4 rings (SSSR count). The smallest absolute Gasteiger partial charge is 0.335 e. The third-order valence-corrected chi connectivity index (χ3v) is 4.85. The summed E-state index contributed by atoms with van der Waals surface area (Å²) in [6.07, 6.45) is 1.27. The number of halogens is 2. The average Bonchev–Trinajstić information content (AvgIpc) is 2.83. The van der Waals surface area contributed by atoms with Crippen molar-refractivity contribution in [3.05, 3.63) is 95.6 Å². The molecule has 176 valence electrons. The molecule has 0 saturated carbocycles. The second-order valence-electron chi connectivity index (χ2n) is 7.35. The number of rotatable bonds is 6. The number of urea groups is 1. The Bertz CT molecular complexity index is 1340. The topological polar surface area (TPSA) is 105 Å². The number of nitrogens with one attached hydrogen (secondary N) is 2. The number of carbonyl (C=O) groups is 4. The molecule has 0 atom stereocenters. The highest BCUT2D eigenvalue weighted by Gasteiger charge is 2.36. The highest BCUT2D eigenvalue weighted by molar-refractivity contribution is 6.39. The molecule has 0 spiro atoms. The normalized spacial score (nSPS) is 14.6. The number of ether oxygens (including phenoxy) is 1. The van der Waals surface area contributed by atoms with E-state index in [-0.39, 0.29) is 23.6 Å². The van der Waals surface area contributed by atoms with Gasteiger partial charge in [0, 0.05) is 5.69 Å². The number of carbonyl (C=O) groups excluding carboxylic acids is 4. The minimum atomic E-state index is -0.951. The Hall–Kier alpha value is -4.86. The van der Waals surface area contributed by atoms with Crippen molar-refractivity contribution >= 4 is 41.2 Å². The molecule has 0 aromatic heterocycles. The zero-order valence-electron chi connectivity index (χ0n) is 18.0. The van der Waals surface area contributed by atoms with Gasteiger partial charge in [-0.15, -0.1) is 0 Å². The van der Waals surface area contributed by atoms with Crippen molar-refractivity contribution in [2.75, 3.05) is 16.8 Å². The quantitative estimate of drug-likeness (QED) is 0.417. The van der Waals surface area contributed by atoms with Crippen LogP contribution in [-0.2, 0) is 14.4 Å². The summed E-state index contributed by atoms with van der Waals surface area (Å²) in [6, 6.07) is 15.2. The first-order chi connectivity index (χ1) is 16.8. The molecule has 0 bridgehead atoms. The zero-order chi connectivity index (χ0) is 24.9. The highest BCUT2D eigenvalue weighted by atomic mass is 19.1. The lowest BCUT2D eigenvalue weighted by Gasteiger charge is -2.26. The lowest BCUT2D eigenvalue weighted by molar-refractivity contribution is -0.122. The molecule has 35 heavy (non-hydrogen) atoms. The Labute approximate surface area is 197 Å². The van der Waals surface area contributed by atoms with Crippen molar-refractivity contribution in [1.82, 2.24) is 5.32 Å². The highest BCUT2D eigenvalue weighted by Crippen LogP contribution is 2.23. The summed E-state index contributed by atoms with van der Waals surface area (Å²) in [7, 11) is 0. The van der Waals surface area contributed by atoms with Crippen LogP contribution < -0.4 is 20.3 Å². The van der Waals surface area contributed by atoms with Crippen LogP contribution in [0.3, 0.4) is 0 Å². The van der Waals surface area contributed by atoms with Crippen molar-refractivity contribution in [3.63, 3.8) is 0 Å². The molecular formula is C25H17F2N3O5. The maximum Gasteiger partial charge on any atom is 0.335 e. The van der Waals surface area contributed by atoms with E-state index in [4.69, 9.17) is 4.74 Å². The molecule has 8 nitrogen and oxygen atoms in total. The van der Waals surface area contributed by atoms with Crippen molar-refractivity contribution in [3.8, 4) is 5.75 Å². The van der Waals surface area contributed by atoms with E-state index in [9.17, 15) is 28.0 Å². The summed E-state index contributed by atoms with van der Waals surface area (Å²) >= 11 is 0. The molecule has 1 saturated heterocycles. The van der Waals surface area contributed by atoms with E-state index >= 15 is 0 Å². The summed E-state index contributed by atoms with van der Waals surface area (Å²) < 4.78 is 31.7. The third-order valence-electron chi connectivity index (χ3n) is 4.85. The monoisotopic (exact) mass is 477 g/mol. The van der Waals surface area contributed by atoms with Gasteiger partial charge in [0.25, 0.3) is 17.7 Å². The fraction of sp³-hybridized carbons (Fsp3) is 0.0400. The minimum absolute atomic E-state index is 0.0940. The molecule has 5 amide bonds. The van der Waals surface area contributed by atoms with Crippen LogP contribution in [0.5, 0.6) is 5.75 Å². The lowest BCUT2D eigenvalue weighted by Crippen LogP contribution is -2.54. The predicted octanol–water partition coefficient (Wildman–Crippen LogP) is 3.65. The van der Waals surface area contributed by atoms with Gasteiger partial charge in [-0.05, 0) is 72.3 Å². The fourth-order valence-electron chi connectivity index (χ4n) is 3.22. The van der Waals surface area contributed by atoms with Crippen LogP contribution in [0, 0.1) is 11.6 Å². The van der Waals surface area contributed by atoms with Crippen molar-refractivity contribution in [2.45, 2.75) is 0 Å². The summed E-state index contributed by atoms with van der Waals surface area (Å²) in [5.41, 5.74) is 0.575. The Morgan fingerprint density at radius 2 is 1.60 bits per heavy atom. The van der Waals surface area contributed by atoms with E-state index in [1.807, 2.05) is 0 Å². The first-order valence-electron chi connectivity index (χ1n) is 10.3. The molecule has 1 fully saturated rings. The third kappa shape index (κ3) is 5.56. The standard InChI is InChI=1S/C25H17F2N3O5/c26-16-4-8-18(9-5-16)28-22(31)14-35-20-3-1-2-15(12-20)13-21-23(32)29-25(34)30(24(21)33)19-10-6-17(27)7-11-19/h1-13H,14H2,(H,28,31)(H,29,32,34). The van der Waals surface area contributed by atoms with E-state index < -0.39 is 35.4 Å². The Kier molecular flexibility index (Phi) is 6.63. The first-order valence-corrected chi connectivity index (χ1v) is 10.3. The Balaban J connectivity index is 1.47. The molecule has 1 aliphatic rings. The van der Waals surface area contributed by atoms with E-state index in [1.165, 1.54) is 48.5 Å². The maximum atomic E-state index is 13.2. The number of imide groups is 2. The second kappa shape index (κ2) is 9.96. The van der Waals surface area contributed by atoms with Gasteiger partial charge in [0.1, 0.15) is 23.0 Å². The lowest BCUT2D eigenvalue weighted by atomic mass is 10.1. The summed E-state index contributed by atoms with van der Waals surface area (Å²) in [6.45, 7) is -0.344. The zero-order valence-corrected chi connectivity index (χ0v) is 18.0. The molecule has 0 aliphatic carbocycles. The summed E-state index contributed by atoms with van der Waals surface area (Å²) in [5.74, 6) is -2.94. The maximum absolute atomic E-state index is 13.2. The first kappa shape index (κ1) is 23.3. The van der Waals surface area contributed by atoms with Crippen molar-refractivity contribution in [1.29, 1.82) is 0 Å². The molecular weight excluding hydrogens is 460 g/mol. The van der Waals surface area contributed by atoms with Gasteiger partial charge in [-0.3, -0.25) is 19.7 Å². The molecule has 1 heterocycles. The van der Waals surface area contributed by atoms with E-state index in [0.29, 0.717) is 11.3 Å². The van der Waals surface area contributed by atoms with E-state index in [1.54, 1.807) is 18.2 Å². The van der Waals surface area contributed by atoms with Crippen LogP contribution >= 0.6 is 0 Å². The fourth-order valence-corrected chi connectivity index (χ4v) is 3.22. The van der Waals surface area contributed by atoms with Crippen LogP contribution in [0.25, 0.3) is 6.08 Å². The van der Waals surface area contributed by atoms with Crippen LogP contribution in [-0.4, -0.2) is 30.4 Å². The summed E-state index contributed by atoms with van der Waals surface area (Å²) in [4.78, 5) is 50.3. The number of hydrogen-bond acceptors (Lipinski definition) is 5. The van der Waals surface area contributed by atoms with Crippen LogP contribution in [0.2, 0.25) is 0 Å². The number of anilines is 2. The van der Waals surface area contributed by atoms with E-state index in [2.05, 4.69) is 10.6 Å². The number of nitrogens with zero attached hydrogens (tertiary/aromatic N) is 1. The molecule has 0 radical (unpaired) electrons. The average molecular weight is 477 g/mol. The van der Waals surface area contributed by atoms with Crippen LogP contribution in [0.15, 0.2) is 78.4 Å². The van der Waals surface area contributed by atoms with Gasteiger partial charge in [0.15, 0.2) is 6.61 Å². The number of amides is 5. The SMILES string of the molecule is O=C(COc1cccc(C=C2C(=O)NC(=O)N(c3ccc(F)cc3)C2=O)c1)Nc1ccc(F)cc1. The molecule has 1 aliphatic heterocycles. The van der Waals surface area contributed by atoms with Crippen molar-refractivity contribution in [2.24, 2.45) is 0 Å². The molecule has 3 aromatic carbocycles. The minimum Gasteiger partial charge on any atom is -0.484 e. The van der Waals surface area contributed by atoms with Crippen LogP contribution in [0.4, 0.5) is 25.0 Å². The molecule has 10 heteroatoms. The predicted molar refractivity (Wildman–Crippen MR) is 122 cm³/mol. The van der Waals surface area contributed by atoms with E-state index in [0.717, 1.165) is 17.0 Å². The second-order valence-corrected chi connectivity index (χ2v) is 7.35. The largest absolute Gasteiger partial charge is 0.484 e. The van der Waals surface area contributed by atoms with Gasteiger partial charge in [0.05, 0.1) is 5.69 Å². The van der Waals surface area contributed by atoms with Crippen molar-refractivity contribution < 1.29 is 32.7 Å². The molecule has 2 N–H and O–H groups in total. The Morgan fingerprint density at radius 3 is 2.29 bits per heavy atom. The van der Waals surface area contributed by atoms with Gasteiger partial charge in [-0.25, -0.2) is 18.5 Å². The van der Waals surface area contributed by atoms with Gasteiger partial charge < -0.3 is 10.1 Å². The number of hydrogen-bond donors (Lipinski definition) is 2. The van der Waals surface area contributed by atoms with Gasteiger partial charge in [-0.1, -0.05) is 12.1 Å². The van der Waals surface area contributed by atoms with Gasteiger partial charge >= 0.3 is 6.03 Å². The molecule has 0 unspecified atom stereocenters. The Morgan fingerprint density at radius 1 is 0.943 bits per heavy atom.